The van der Waals surface area contributed by atoms with Crippen LogP contribution < -0.4 is 15.7 Å². The lowest BCUT2D eigenvalue weighted by molar-refractivity contribution is 0.00578. The molecule has 25 heavy (non-hydrogen) atoms. The highest BCUT2D eigenvalue weighted by atomic mass is 16.7. The van der Waals surface area contributed by atoms with E-state index < -0.39 is 0 Å². The van der Waals surface area contributed by atoms with Gasteiger partial charge in [-0.15, -0.1) is 0 Å². The molecule has 0 aliphatic carbocycles. The second-order valence-electron chi connectivity index (χ2n) is 7.71. The summed E-state index contributed by atoms with van der Waals surface area (Å²) >= 11 is 0. The zero-order chi connectivity index (χ0) is 18.2. The van der Waals surface area contributed by atoms with Crippen LogP contribution in [0.15, 0.2) is 24.3 Å². The van der Waals surface area contributed by atoms with Crippen molar-refractivity contribution in [3.63, 3.8) is 0 Å². The molecule has 136 valence electrons. The molecule has 2 heterocycles. The fourth-order valence-electron chi connectivity index (χ4n) is 3.15. The van der Waals surface area contributed by atoms with E-state index in [4.69, 9.17) is 9.31 Å². The molecule has 7 heteroatoms. The second kappa shape index (κ2) is 6.54. The van der Waals surface area contributed by atoms with Crippen LogP contribution in [0.2, 0.25) is 0 Å². The first-order valence-electron chi connectivity index (χ1n) is 8.91. The molecule has 3 rings (SSSR count). The third kappa shape index (κ3) is 3.48. The lowest BCUT2D eigenvalue weighted by atomic mass is 9.79. The van der Waals surface area contributed by atoms with Crippen LogP contribution in [-0.2, 0) is 9.31 Å². The number of benzene rings is 1. The Kier molecular flexibility index (Phi) is 4.73. The Morgan fingerprint density at radius 2 is 1.52 bits per heavy atom. The Hall–Kier alpha value is -1.73. The van der Waals surface area contributed by atoms with Crippen LogP contribution in [0.25, 0.3) is 0 Å². The van der Waals surface area contributed by atoms with Crippen LogP contribution in [0.1, 0.15) is 27.7 Å². The van der Waals surface area contributed by atoms with E-state index in [9.17, 15) is 4.79 Å². The Morgan fingerprint density at radius 1 is 1.00 bits per heavy atom. The number of nitrogens with one attached hydrogen (secondary N) is 1. The highest BCUT2D eigenvalue weighted by molar-refractivity contribution is 6.62. The summed E-state index contributed by atoms with van der Waals surface area (Å²) in [6.45, 7) is 11.4. The minimum absolute atomic E-state index is 0.00393. The third-order valence-corrected chi connectivity index (χ3v) is 5.56. The summed E-state index contributed by atoms with van der Waals surface area (Å²) < 4.78 is 12.2. The number of hydrogen-bond acceptors (Lipinski definition) is 4. The van der Waals surface area contributed by atoms with Crippen LogP contribution in [0.5, 0.6) is 0 Å². The SMILES string of the molecule is CNC(=O)N1CCN(c2ccc(B3OC(C)(C)C(C)(C)O3)cc2)CC1. The average Bonchev–Trinajstić information content (AvgIpc) is 2.82. The van der Waals surface area contributed by atoms with E-state index in [1.165, 1.54) is 0 Å². The molecule has 2 amide bonds. The molecule has 0 atom stereocenters. The van der Waals surface area contributed by atoms with E-state index in [1.807, 2.05) is 4.90 Å². The highest BCUT2D eigenvalue weighted by Crippen LogP contribution is 2.36. The van der Waals surface area contributed by atoms with Gasteiger partial charge in [0, 0.05) is 38.9 Å². The van der Waals surface area contributed by atoms with Crippen LogP contribution >= 0.6 is 0 Å². The Morgan fingerprint density at radius 3 is 2.00 bits per heavy atom. The molecular formula is C18H28BN3O3. The maximum Gasteiger partial charge on any atom is 0.494 e. The van der Waals surface area contributed by atoms with Crippen LogP contribution in [0.4, 0.5) is 10.5 Å². The van der Waals surface area contributed by atoms with Gasteiger partial charge in [-0.25, -0.2) is 4.79 Å². The van der Waals surface area contributed by atoms with Gasteiger partial charge in [0.1, 0.15) is 0 Å². The Balaban J connectivity index is 1.63. The first-order valence-corrected chi connectivity index (χ1v) is 8.91. The minimum Gasteiger partial charge on any atom is -0.399 e. The van der Waals surface area contributed by atoms with Gasteiger partial charge in [-0.1, -0.05) is 12.1 Å². The number of anilines is 1. The molecule has 1 aromatic rings. The predicted molar refractivity (Wildman–Crippen MR) is 100 cm³/mol. The molecule has 0 unspecified atom stereocenters. The molecule has 0 aromatic heterocycles. The van der Waals surface area contributed by atoms with Gasteiger partial charge in [-0.3, -0.25) is 0 Å². The largest absolute Gasteiger partial charge is 0.494 e. The average molecular weight is 345 g/mol. The minimum atomic E-state index is -0.329. The van der Waals surface area contributed by atoms with Crippen LogP contribution in [0, 0.1) is 0 Å². The van der Waals surface area contributed by atoms with Gasteiger partial charge in [-0.05, 0) is 45.3 Å². The molecule has 0 spiro atoms. The monoisotopic (exact) mass is 345 g/mol. The molecular weight excluding hydrogens is 317 g/mol. The van der Waals surface area contributed by atoms with E-state index in [0.717, 1.165) is 37.3 Å². The van der Waals surface area contributed by atoms with E-state index in [2.05, 4.69) is 62.2 Å². The molecule has 1 N–H and O–H groups in total. The normalized spacial score (nSPS) is 22.2. The van der Waals surface area contributed by atoms with Gasteiger partial charge < -0.3 is 24.4 Å². The maximum absolute atomic E-state index is 11.7. The highest BCUT2D eigenvalue weighted by Gasteiger charge is 2.51. The molecule has 2 aliphatic rings. The summed E-state index contributed by atoms with van der Waals surface area (Å²) in [7, 11) is 1.34. The smallest absolute Gasteiger partial charge is 0.399 e. The lowest BCUT2D eigenvalue weighted by Gasteiger charge is -2.35. The molecule has 0 bridgehead atoms. The summed E-state index contributed by atoms with van der Waals surface area (Å²) in [5.74, 6) is 0. The van der Waals surface area contributed by atoms with Gasteiger partial charge in [-0.2, -0.15) is 0 Å². The molecule has 1 aromatic carbocycles. The predicted octanol–water partition coefficient (Wildman–Crippen LogP) is 1.45. The summed E-state index contributed by atoms with van der Waals surface area (Å²) in [5.41, 5.74) is 1.54. The first-order chi connectivity index (χ1) is 11.7. The maximum atomic E-state index is 11.7. The molecule has 2 aliphatic heterocycles. The topological polar surface area (TPSA) is 54.0 Å². The standard InChI is InChI=1S/C18H28BN3O3/c1-17(2)18(3,4)25-19(24-17)14-6-8-15(9-7-14)21-10-12-22(13-11-21)16(23)20-5/h6-9H,10-13H2,1-5H3,(H,20,23). The van der Waals surface area contributed by atoms with E-state index in [1.54, 1.807) is 7.05 Å². The number of nitrogens with zero attached hydrogens (tertiary/aromatic N) is 2. The summed E-state index contributed by atoms with van der Waals surface area (Å²) in [6, 6.07) is 8.35. The van der Waals surface area contributed by atoms with Gasteiger partial charge >= 0.3 is 13.1 Å². The second-order valence-corrected chi connectivity index (χ2v) is 7.71. The number of amides is 2. The quantitative estimate of drug-likeness (QED) is 0.825. The van der Waals surface area contributed by atoms with Crippen LogP contribution in [-0.4, -0.2) is 62.5 Å². The lowest BCUT2D eigenvalue weighted by Crippen LogP contribution is -2.51. The van der Waals surface area contributed by atoms with Crippen molar-refractivity contribution in [3.05, 3.63) is 24.3 Å². The zero-order valence-electron chi connectivity index (χ0n) is 15.8. The van der Waals surface area contributed by atoms with Crippen molar-refractivity contribution < 1.29 is 14.1 Å². The fourth-order valence-corrected chi connectivity index (χ4v) is 3.15. The van der Waals surface area contributed by atoms with Crippen molar-refractivity contribution in [1.82, 2.24) is 10.2 Å². The Bertz CT molecular complexity index is 609. The van der Waals surface area contributed by atoms with E-state index in [-0.39, 0.29) is 24.4 Å². The third-order valence-electron chi connectivity index (χ3n) is 5.56. The first kappa shape index (κ1) is 18.1. The van der Waals surface area contributed by atoms with Crippen molar-refractivity contribution in [1.29, 1.82) is 0 Å². The van der Waals surface area contributed by atoms with E-state index >= 15 is 0 Å². The number of carbonyl (C=O) groups excluding carboxylic acids is 1. The van der Waals surface area contributed by atoms with Crippen LogP contribution in [0.3, 0.4) is 0 Å². The fraction of sp³-hybridized carbons (Fsp3) is 0.611. The number of rotatable bonds is 2. The number of carbonyl (C=O) groups is 1. The van der Waals surface area contributed by atoms with Gasteiger partial charge in [0.15, 0.2) is 0 Å². The summed E-state index contributed by atoms with van der Waals surface area (Å²) in [6.07, 6.45) is 0. The van der Waals surface area contributed by atoms with Gasteiger partial charge in [0.2, 0.25) is 0 Å². The van der Waals surface area contributed by atoms with Crippen molar-refractivity contribution in [2.75, 3.05) is 38.1 Å². The number of piperazine rings is 1. The van der Waals surface area contributed by atoms with Crippen molar-refractivity contribution in [2.45, 2.75) is 38.9 Å². The van der Waals surface area contributed by atoms with Gasteiger partial charge in [0.25, 0.3) is 0 Å². The van der Waals surface area contributed by atoms with E-state index in [0.29, 0.717) is 0 Å². The molecule has 2 saturated heterocycles. The Labute approximate surface area is 150 Å². The zero-order valence-corrected chi connectivity index (χ0v) is 15.8. The van der Waals surface area contributed by atoms with Crippen molar-refractivity contribution in [3.8, 4) is 0 Å². The van der Waals surface area contributed by atoms with Gasteiger partial charge in [0.05, 0.1) is 11.2 Å². The van der Waals surface area contributed by atoms with Crippen molar-refractivity contribution in [2.24, 2.45) is 0 Å². The molecule has 0 saturated carbocycles. The molecule has 6 nitrogen and oxygen atoms in total. The number of hydrogen-bond donors (Lipinski definition) is 1. The molecule has 0 radical (unpaired) electrons. The number of urea groups is 1. The van der Waals surface area contributed by atoms with Crippen molar-refractivity contribution >= 4 is 24.3 Å². The summed E-state index contributed by atoms with van der Waals surface area (Å²) in [4.78, 5) is 15.8. The molecule has 2 fully saturated rings. The summed E-state index contributed by atoms with van der Waals surface area (Å²) in [5, 5.41) is 2.68.